The number of hydrogen-bond donors (Lipinski definition) is 2. The Morgan fingerprint density at radius 2 is 1.90 bits per heavy atom. The molecule has 3 unspecified atom stereocenters. The second-order valence-electron chi connectivity index (χ2n) is 6.06. The van der Waals surface area contributed by atoms with Gasteiger partial charge in [0.1, 0.15) is 0 Å². The monoisotopic (exact) mass is 290 g/mol. The van der Waals surface area contributed by atoms with Crippen molar-refractivity contribution < 1.29 is 14.7 Å². The summed E-state index contributed by atoms with van der Waals surface area (Å²) in [4.78, 5) is 25.6. The number of rotatable bonds is 4. The lowest BCUT2D eigenvalue weighted by atomic mass is 9.95. The van der Waals surface area contributed by atoms with Crippen LogP contribution in [0.25, 0.3) is 0 Å². The molecule has 1 aromatic rings. The third-order valence-corrected chi connectivity index (χ3v) is 4.08. The highest BCUT2D eigenvalue weighted by molar-refractivity contribution is 5.95. The molecule has 5 nitrogen and oxygen atoms in total. The molecule has 1 saturated carbocycles. The molecule has 114 valence electrons. The van der Waals surface area contributed by atoms with E-state index < -0.39 is 17.8 Å². The molecule has 2 N–H and O–H groups in total. The summed E-state index contributed by atoms with van der Waals surface area (Å²) in [5.41, 5.74) is 1.69. The maximum Gasteiger partial charge on any atom is 0.307 e. The zero-order chi connectivity index (χ0) is 15.6. The predicted molar refractivity (Wildman–Crippen MR) is 82.4 cm³/mol. The lowest BCUT2D eigenvalue weighted by molar-refractivity contribution is -0.145. The van der Waals surface area contributed by atoms with Crippen LogP contribution >= 0.6 is 0 Å². The molecule has 0 bridgehead atoms. The van der Waals surface area contributed by atoms with E-state index in [-0.39, 0.29) is 11.8 Å². The Balaban J connectivity index is 2.10. The molecule has 0 heterocycles. The Bertz CT molecular complexity index is 542. The number of nitrogens with zero attached hydrogens (tertiary/aromatic N) is 1. The second kappa shape index (κ2) is 6.16. The van der Waals surface area contributed by atoms with E-state index in [0.29, 0.717) is 18.5 Å². The highest BCUT2D eigenvalue weighted by atomic mass is 16.4. The number of carbonyl (C=O) groups excluding carboxylic acids is 1. The Morgan fingerprint density at radius 3 is 2.52 bits per heavy atom. The van der Waals surface area contributed by atoms with Crippen LogP contribution in [-0.2, 0) is 9.59 Å². The molecule has 0 aliphatic heterocycles. The standard InChI is InChI=1S/C16H22N2O3/c1-10-7-13(14(8-10)16(20)21)15(19)17-11-5-4-6-12(9-11)18(2)3/h4-6,9-10,13-14H,7-8H2,1-3H3,(H,17,19)(H,20,21). The topological polar surface area (TPSA) is 69.6 Å². The molecule has 21 heavy (non-hydrogen) atoms. The van der Waals surface area contributed by atoms with Gasteiger partial charge in [-0.1, -0.05) is 13.0 Å². The number of carboxylic acid groups (broad SMARTS) is 1. The van der Waals surface area contributed by atoms with Crippen molar-refractivity contribution in [2.45, 2.75) is 19.8 Å². The molecule has 0 aromatic heterocycles. The van der Waals surface area contributed by atoms with Gasteiger partial charge in [0, 0.05) is 25.5 Å². The van der Waals surface area contributed by atoms with Crippen LogP contribution in [0, 0.1) is 17.8 Å². The lowest BCUT2D eigenvalue weighted by Crippen LogP contribution is -2.30. The molecule has 2 rings (SSSR count). The average molecular weight is 290 g/mol. The molecular weight excluding hydrogens is 268 g/mol. The third kappa shape index (κ3) is 3.54. The summed E-state index contributed by atoms with van der Waals surface area (Å²) >= 11 is 0. The summed E-state index contributed by atoms with van der Waals surface area (Å²) in [6.45, 7) is 2.00. The van der Waals surface area contributed by atoms with E-state index in [1.54, 1.807) is 0 Å². The normalized spacial score (nSPS) is 24.6. The molecule has 1 aliphatic carbocycles. The van der Waals surface area contributed by atoms with Crippen molar-refractivity contribution in [1.29, 1.82) is 0 Å². The van der Waals surface area contributed by atoms with Gasteiger partial charge in [0.25, 0.3) is 0 Å². The molecule has 1 fully saturated rings. The number of anilines is 2. The van der Waals surface area contributed by atoms with Crippen molar-refractivity contribution in [3.63, 3.8) is 0 Å². The van der Waals surface area contributed by atoms with Crippen molar-refractivity contribution >= 4 is 23.3 Å². The molecule has 0 saturated heterocycles. The van der Waals surface area contributed by atoms with E-state index in [1.165, 1.54) is 0 Å². The molecule has 1 amide bonds. The Morgan fingerprint density at radius 1 is 1.24 bits per heavy atom. The molecule has 0 spiro atoms. The number of hydrogen-bond acceptors (Lipinski definition) is 3. The first-order valence-electron chi connectivity index (χ1n) is 7.19. The van der Waals surface area contributed by atoms with Gasteiger partial charge in [-0.25, -0.2) is 0 Å². The quantitative estimate of drug-likeness (QED) is 0.893. The number of nitrogens with one attached hydrogen (secondary N) is 1. The summed E-state index contributed by atoms with van der Waals surface area (Å²) in [6.07, 6.45) is 1.21. The smallest absolute Gasteiger partial charge is 0.307 e. The van der Waals surface area contributed by atoms with E-state index in [1.807, 2.05) is 50.2 Å². The van der Waals surface area contributed by atoms with Crippen LogP contribution in [-0.4, -0.2) is 31.1 Å². The van der Waals surface area contributed by atoms with Gasteiger partial charge in [-0.2, -0.15) is 0 Å². The van der Waals surface area contributed by atoms with Crippen LogP contribution in [0.1, 0.15) is 19.8 Å². The summed E-state index contributed by atoms with van der Waals surface area (Å²) in [5.74, 6) is -1.81. The number of carboxylic acids is 1. The summed E-state index contributed by atoms with van der Waals surface area (Å²) in [7, 11) is 3.86. The summed E-state index contributed by atoms with van der Waals surface area (Å²) in [5, 5.41) is 12.1. The Hall–Kier alpha value is -2.04. The largest absolute Gasteiger partial charge is 0.481 e. The Kier molecular flexibility index (Phi) is 4.50. The van der Waals surface area contributed by atoms with Crippen molar-refractivity contribution in [1.82, 2.24) is 0 Å². The first-order valence-corrected chi connectivity index (χ1v) is 7.19. The number of benzene rings is 1. The predicted octanol–water partition coefficient (Wildman–Crippen LogP) is 2.44. The van der Waals surface area contributed by atoms with Crippen LogP contribution in [0.2, 0.25) is 0 Å². The van der Waals surface area contributed by atoms with E-state index in [2.05, 4.69) is 5.32 Å². The van der Waals surface area contributed by atoms with Gasteiger partial charge in [0.05, 0.1) is 11.8 Å². The summed E-state index contributed by atoms with van der Waals surface area (Å²) in [6, 6.07) is 7.52. The zero-order valence-electron chi connectivity index (χ0n) is 12.7. The van der Waals surface area contributed by atoms with E-state index in [0.717, 1.165) is 5.69 Å². The fourth-order valence-corrected chi connectivity index (χ4v) is 2.95. The van der Waals surface area contributed by atoms with Crippen molar-refractivity contribution in [2.24, 2.45) is 17.8 Å². The lowest BCUT2D eigenvalue weighted by Gasteiger charge is -2.17. The zero-order valence-corrected chi connectivity index (χ0v) is 12.7. The number of aliphatic carboxylic acids is 1. The summed E-state index contributed by atoms with van der Waals surface area (Å²) < 4.78 is 0. The van der Waals surface area contributed by atoms with Gasteiger partial charge in [0.15, 0.2) is 0 Å². The highest BCUT2D eigenvalue weighted by Crippen LogP contribution is 2.37. The maximum atomic E-state index is 12.4. The minimum absolute atomic E-state index is 0.192. The maximum absolute atomic E-state index is 12.4. The third-order valence-electron chi connectivity index (χ3n) is 4.08. The van der Waals surface area contributed by atoms with E-state index >= 15 is 0 Å². The first kappa shape index (κ1) is 15.4. The molecule has 5 heteroatoms. The molecule has 3 atom stereocenters. The fraction of sp³-hybridized carbons (Fsp3) is 0.500. The van der Waals surface area contributed by atoms with Crippen LogP contribution < -0.4 is 10.2 Å². The van der Waals surface area contributed by atoms with Gasteiger partial charge in [0.2, 0.25) is 5.91 Å². The first-order chi connectivity index (χ1) is 9.88. The molecule has 1 aliphatic rings. The van der Waals surface area contributed by atoms with E-state index in [9.17, 15) is 14.7 Å². The van der Waals surface area contributed by atoms with Crippen molar-refractivity contribution in [3.8, 4) is 0 Å². The van der Waals surface area contributed by atoms with Crippen LogP contribution in [0.3, 0.4) is 0 Å². The van der Waals surface area contributed by atoms with Crippen LogP contribution in [0.5, 0.6) is 0 Å². The van der Waals surface area contributed by atoms with Crippen molar-refractivity contribution in [2.75, 3.05) is 24.3 Å². The molecule has 1 aromatic carbocycles. The average Bonchev–Trinajstić information content (AvgIpc) is 2.81. The van der Waals surface area contributed by atoms with Crippen molar-refractivity contribution in [3.05, 3.63) is 24.3 Å². The second-order valence-corrected chi connectivity index (χ2v) is 6.06. The van der Waals surface area contributed by atoms with Gasteiger partial charge in [-0.05, 0) is 37.0 Å². The van der Waals surface area contributed by atoms with Crippen LogP contribution in [0.15, 0.2) is 24.3 Å². The minimum Gasteiger partial charge on any atom is -0.481 e. The van der Waals surface area contributed by atoms with Crippen LogP contribution in [0.4, 0.5) is 11.4 Å². The number of carbonyl (C=O) groups is 2. The highest BCUT2D eigenvalue weighted by Gasteiger charge is 2.41. The SMILES string of the molecule is CC1CC(C(=O)O)C(C(=O)Nc2cccc(N(C)C)c2)C1. The molecule has 0 radical (unpaired) electrons. The fourth-order valence-electron chi connectivity index (χ4n) is 2.95. The van der Waals surface area contributed by atoms with Gasteiger partial charge in [-0.15, -0.1) is 0 Å². The number of amides is 1. The van der Waals surface area contributed by atoms with Gasteiger partial charge < -0.3 is 15.3 Å². The van der Waals surface area contributed by atoms with Gasteiger partial charge >= 0.3 is 5.97 Å². The van der Waals surface area contributed by atoms with E-state index in [4.69, 9.17) is 0 Å². The molecular formula is C16H22N2O3. The van der Waals surface area contributed by atoms with Gasteiger partial charge in [-0.3, -0.25) is 9.59 Å². The Labute approximate surface area is 125 Å². The minimum atomic E-state index is -0.874.